The molecule has 31 heavy (non-hydrogen) atoms. The molecule has 1 aliphatic rings. The van der Waals surface area contributed by atoms with Crippen molar-refractivity contribution in [2.45, 2.75) is 51.0 Å². The molecule has 1 fully saturated rings. The Kier molecular flexibility index (Phi) is 10.0. The molecule has 0 saturated carbocycles. The SMILES string of the molecule is CC[C@H](CC(=O)[C@H]1CCCCN1CCOc1ccccc1)c1ccc(C(=O)O)cc1.Cl. The van der Waals surface area contributed by atoms with Gasteiger partial charge in [0.25, 0.3) is 0 Å². The van der Waals surface area contributed by atoms with Gasteiger partial charge in [0.2, 0.25) is 0 Å². The molecule has 0 aliphatic carbocycles. The first-order valence-corrected chi connectivity index (χ1v) is 10.9. The number of carbonyl (C=O) groups is 2. The molecular weight excluding hydrogens is 414 g/mol. The fourth-order valence-electron chi connectivity index (χ4n) is 4.20. The third-order valence-electron chi connectivity index (χ3n) is 5.95. The summed E-state index contributed by atoms with van der Waals surface area (Å²) in [6.07, 6.45) is 4.43. The Hall–Kier alpha value is -2.37. The van der Waals surface area contributed by atoms with E-state index >= 15 is 0 Å². The maximum absolute atomic E-state index is 13.2. The lowest BCUT2D eigenvalue weighted by Gasteiger charge is -2.35. The summed E-state index contributed by atoms with van der Waals surface area (Å²) in [6.45, 7) is 4.32. The molecule has 5 nitrogen and oxygen atoms in total. The highest BCUT2D eigenvalue weighted by atomic mass is 35.5. The summed E-state index contributed by atoms with van der Waals surface area (Å²) in [5.41, 5.74) is 1.31. The van der Waals surface area contributed by atoms with Gasteiger partial charge in [-0.1, -0.05) is 43.7 Å². The highest BCUT2D eigenvalue weighted by Crippen LogP contribution is 2.27. The first kappa shape index (κ1) is 24.9. The molecule has 3 rings (SSSR count). The van der Waals surface area contributed by atoms with Crippen LogP contribution in [-0.4, -0.2) is 47.5 Å². The van der Waals surface area contributed by atoms with Crippen molar-refractivity contribution < 1.29 is 19.4 Å². The van der Waals surface area contributed by atoms with Crippen LogP contribution in [0.2, 0.25) is 0 Å². The zero-order chi connectivity index (χ0) is 21.3. The molecule has 1 N–H and O–H groups in total. The van der Waals surface area contributed by atoms with Crippen molar-refractivity contribution in [3.63, 3.8) is 0 Å². The second kappa shape index (κ2) is 12.5. The number of likely N-dealkylation sites (tertiary alicyclic amines) is 1. The van der Waals surface area contributed by atoms with Gasteiger partial charge < -0.3 is 9.84 Å². The third-order valence-corrected chi connectivity index (χ3v) is 5.95. The molecule has 1 heterocycles. The summed E-state index contributed by atoms with van der Waals surface area (Å²) in [7, 11) is 0. The molecule has 0 aromatic heterocycles. The van der Waals surface area contributed by atoms with E-state index < -0.39 is 5.97 Å². The van der Waals surface area contributed by atoms with Gasteiger partial charge in [-0.3, -0.25) is 9.69 Å². The molecule has 2 aromatic rings. The summed E-state index contributed by atoms with van der Waals surface area (Å²) in [5.74, 6) is 0.322. The molecule has 0 bridgehead atoms. The number of aromatic carboxylic acids is 1. The van der Waals surface area contributed by atoms with E-state index in [2.05, 4.69) is 11.8 Å². The predicted octanol–water partition coefficient (Wildman–Crippen LogP) is 5.19. The Morgan fingerprint density at radius 1 is 1.10 bits per heavy atom. The first-order chi connectivity index (χ1) is 14.6. The lowest BCUT2D eigenvalue weighted by atomic mass is 9.87. The summed E-state index contributed by atoms with van der Waals surface area (Å²) < 4.78 is 5.84. The van der Waals surface area contributed by atoms with Crippen molar-refractivity contribution in [3.8, 4) is 5.75 Å². The van der Waals surface area contributed by atoms with Crippen LogP contribution in [-0.2, 0) is 4.79 Å². The number of piperidine rings is 1. The average Bonchev–Trinajstić information content (AvgIpc) is 2.78. The van der Waals surface area contributed by atoms with Gasteiger partial charge >= 0.3 is 5.97 Å². The van der Waals surface area contributed by atoms with Gasteiger partial charge in [-0.25, -0.2) is 4.79 Å². The van der Waals surface area contributed by atoms with Crippen LogP contribution < -0.4 is 4.74 Å². The molecule has 0 amide bonds. The van der Waals surface area contributed by atoms with E-state index in [0.717, 1.165) is 50.1 Å². The van der Waals surface area contributed by atoms with Crippen LogP contribution in [0.15, 0.2) is 54.6 Å². The minimum Gasteiger partial charge on any atom is -0.492 e. The van der Waals surface area contributed by atoms with Crippen LogP contribution in [0.4, 0.5) is 0 Å². The Balaban J connectivity index is 0.00000341. The summed E-state index contributed by atoms with van der Waals surface area (Å²) in [5, 5.41) is 9.09. The quantitative estimate of drug-likeness (QED) is 0.544. The molecule has 168 valence electrons. The van der Waals surface area contributed by atoms with Crippen LogP contribution in [0, 0.1) is 0 Å². The van der Waals surface area contributed by atoms with Crippen molar-refractivity contribution in [2.75, 3.05) is 19.7 Å². The van der Waals surface area contributed by atoms with Gasteiger partial charge in [0.05, 0.1) is 11.6 Å². The largest absolute Gasteiger partial charge is 0.492 e. The van der Waals surface area contributed by atoms with Gasteiger partial charge in [0.1, 0.15) is 12.4 Å². The average molecular weight is 446 g/mol. The normalized spacial score (nSPS) is 17.4. The van der Waals surface area contributed by atoms with Gasteiger partial charge in [-0.15, -0.1) is 12.4 Å². The zero-order valence-electron chi connectivity index (χ0n) is 18.0. The number of Topliss-reactive ketones (excluding diaryl/α,β-unsaturated/α-hetero) is 1. The Morgan fingerprint density at radius 2 is 1.81 bits per heavy atom. The number of ether oxygens (including phenoxy) is 1. The molecule has 0 radical (unpaired) electrons. The topological polar surface area (TPSA) is 66.8 Å². The van der Waals surface area contributed by atoms with E-state index in [0.29, 0.717) is 13.0 Å². The lowest BCUT2D eigenvalue weighted by Crippen LogP contribution is -2.46. The number of hydrogen-bond donors (Lipinski definition) is 1. The van der Waals surface area contributed by atoms with E-state index in [1.807, 2.05) is 42.5 Å². The van der Waals surface area contributed by atoms with Crippen molar-refractivity contribution in [3.05, 3.63) is 65.7 Å². The smallest absolute Gasteiger partial charge is 0.335 e. The van der Waals surface area contributed by atoms with E-state index in [1.54, 1.807) is 12.1 Å². The van der Waals surface area contributed by atoms with Gasteiger partial charge in [-0.05, 0) is 61.6 Å². The Labute approximate surface area is 190 Å². The van der Waals surface area contributed by atoms with Crippen molar-refractivity contribution in [1.29, 1.82) is 0 Å². The monoisotopic (exact) mass is 445 g/mol. The van der Waals surface area contributed by atoms with Crippen LogP contribution in [0.5, 0.6) is 5.75 Å². The van der Waals surface area contributed by atoms with Gasteiger partial charge in [0, 0.05) is 13.0 Å². The van der Waals surface area contributed by atoms with Gasteiger partial charge in [-0.2, -0.15) is 0 Å². The number of para-hydroxylation sites is 1. The van der Waals surface area contributed by atoms with Crippen molar-refractivity contribution in [1.82, 2.24) is 4.90 Å². The van der Waals surface area contributed by atoms with Crippen molar-refractivity contribution >= 4 is 24.2 Å². The second-order valence-corrected chi connectivity index (χ2v) is 7.91. The highest BCUT2D eigenvalue weighted by molar-refractivity contribution is 5.87. The van der Waals surface area contributed by atoms with Crippen LogP contribution >= 0.6 is 12.4 Å². The number of benzene rings is 2. The van der Waals surface area contributed by atoms with Gasteiger partial charge in [0.15, 0.2) is 5.78 Å². The number of carboxylic acids is 1. The van der Waals surface area contributed by atoms with E-state index in [1.165, 1.54) is 0 Å². The van der Waals surface area contributed by atoms with Crippen LogP contribution in [0.25, 0.3) is 0 Å². The summed E-state index contributed by atoms with van der Waals surface area (Å²) in [6, 6.07) is 16.6. The predicted molar refractivity (Wildman–Crippen MR) is 124 cm³/mol. The number of halogens is 1. The number of rotatable bonds is 10. The maximum Gasteiger partial charge on any atom is 0.335 e. The molecule has 1 saturated heterocycles. The summed E-state index contributed by atoms with van der Waals surface area (Å²) in [4.78, 5) is 26.5. The number of nitrogens with zero attached hydrogens (tertiary/aromatic N) is 1. The minimum atomic E-state index is -0.929. The molecule has 2 aromatic carbocycles. The molecule has 2 atom stereocenters. The standard InChI is InChI=1S/C25H31NO4.ClH/c1-2-19(20-11-13-21(14-12-20)25(28)29)18-24(27)23-10-6-7-15-26(23)16-17-30-22-8-4-3-5-9-22;/h3-5,8-9,11-14,19,23H,2,6-7,10,15-18H2,1H3,(H,28,29);1H/t19-,23-;/m1./s1. The summed E-state index contributed by atoms with van der Waals surface area (Å²) >= 11 is 0. The fourth-order valence-corrected chi connectivity index (χ4v) is 4.20. The molecular formula is C25H32ClNO4. The maximum atomic E-state index is 13.2. The fraction of sp³-hybridized carbons (Fsp3) is 0.440. The molecule has 0 unspecified atom stereocenters. The second-order valence-electron chi connectivity index (χ2n) is 7.91. The molecule has 1 aliphatic heterocycles. The van der Waals surface area contributed by atoms with E-state index in [-0.39, 0.29) is 35.7 Å². The Bertz CT molecular complexity index is 825. The number of carbonyl (C=O) groups excluding carboxylic acids is 1. The first-order valence-electron chi connectivity index (χ1n) is 10.9. The van der Waals surface area contributed by atoms with Crippen LogP contribution in [0.3, 0.4) is 0 Å². The van der Waals surface area contributed by atoms with Crippen LogP contribution in [0.1, 0.15) is 60.9 Å². The molecule has 0 spiro atoms. The highest BCUT2D eigenvalue weighted by Gasteiger charge is 2.30. The Morgan fingerprint density at radius 3 is 2.45 bits per heavy atom. The zero-order valence-corrected chi connectivity index (χ0v) is 18.9. The molecule has 6 heteroatoms. The van der Waals surface area contributed by atoms with E-state index in [9.17, 15) is 9.59 Å². The number of ketones is 1. The third kappa shape index (κ3) is 7.08. The lowest BCUT2D eigenvalue weighted by molar-refractivity contribution is -0.126. The number of carboxylic acid groups (broad SMARTS) is 1. The number of hydrogen-bond acceptors (Lipinski definition) is 4. The van der Waals surface area contributed by atoms with E-state index in [4.69, 9.17) is 9.84 Å². The van der Waals surface area contributed by atoms with Crippen molar-refractivity contribution in [2.24, 2.45) is 0 Å². The minimum absolute atomic E-state index is 0.